The van der Waals surface area contributed by atoms with Crippen molar-refractivity contribution in [3.63, 3.8) is 0 Å². The Morgan fingerprint density at radius 2 is 2.06 bits per heavy atom. The highest BCUT2D eigenvalue weighted by Crippen LogP contribution is 2.07. The Bertz CT molecular complexity index is 291. The van der Waals surface area contributed by atoms with Crippen LogP contribution in [0.25, 0.3) is 0 Å². The van der Waals surface area contributed by atoms with Crippen molar-refractivity contribution in [2.24, 2.45) is 0 Å². The Hall–Kier alpha value is -1.56. The Morgan fingerprint density at radius 1 is 1.38 bits per heavy atom. The maximum Gasteiger partial charge on any atom is 0.415 e. The van der Waals surface area contributed by atoms with Gasteiger partial charge in [-0.3, -0.25) is 10.2 Å². The van der Waals surface area contributed by atoms with Gasteiger partial charge in [-0.25, -0.2) is 9.59 Å². The van der Waals surface area contributed by atoms with Crippen LogP contribution in [0.3, 0.4) is 0 Å². The zero-order valence-corrected chi connectivity index (χ0v) is 9.43. The summed E-state index contributed by atoms with van der Waals surface area (Å²) in [6.45, 7) is 4.47. The van der Waals surface area contributed by atoms with Crippen molar-refractivity contribution >= 4 is 12.1 Å². The van der Waals surface area contributed by atoms with Gasteiger partial charge in [0.05, 0.1) is 13.2 Å². The van der Waals surface area contributed by atoms with Gasteiger partial charge in [-0.05, 0) is 13.8 Å². The predicted molar refractivity (Wildman–Crippen MR) is 56.4 cm³/mol. The average Bonchev–Trinajstić information content (AvgIpc) is 2.30. The molecule has 0 saturated carbocycles. The highest BCUT2D eigenvalue weighted by Gasteiger charge is 2.31. The van der Waals surface area contributed by atoms with E-state index in [1.54, 1.807) is 19.9 Å². The Morgan fingerprint density at radius 3 is 2.69 bits per heavy atom. The van der Waals surface area contributed by atoms with Crippen molar-refractivity contribution in [1.82, 2.24) is 10.2 Å². The molecule has 0 bridgehead atoms. The van der Waals surface area contributed by atoms with Crippen molar-refractivity contribution in [2.75, 3.05) is 19.8 Å². The van der Waals surface area contributed by atoms with Gasteiger partial charge in [0.15, 0.2) is 6.17 Å². The van der Waals surface area contributed by atoms with Crippen LogP contribution in [0.15, 0.2) is 12.3 Å². The second-order valence-corrected chi connectivity index (χ2v) is 3.05. The van der Waals surface area contributed by atoms with Gasteiger partial charge in [0.2, 0.25) is 0 Å². The lowest BCUT2D eigenvalue weighted by atomic mass is 10.3. The predicted octanol–water partition coefficient (Wildman–Crippen LogP) is 0.451. The molecule has 0 aromatic heterocycles. The third-order valence-corrected chi connectivity index (χ3v) is 1.96. The van der Waals surface area contributed by atoms with Gasteiger partial charge in [-0.15, -0.1) is 0 Å². The molecule has 0 aromatic rings. The first-order valence-electron chi connectivity index (χ1n) is 5.22. The maximum atomic E-state index is 11.5. The summed E-state index contributed by atoms with van der Waals surface area (Å²) in [5.41, 5.74) is 0. The van der Waals surface area contributed by atoms with Crippen LogP contribution < -0.4 is 5.32 Å². The van der Waals surface area contributed by atoms with E-state index < -0.39 is 18.2 Å². The summed E-state index contributed by atoms with van der Waals surface area (Å²) >= 11 is 0. The monoisotopic (exact) mass is 228 g/mol. The van der Waals surface area contributed by atoms with Gasteiger partial charge in [-0.2, -0.15) is 0 Å². The smallest absolute Gasteiger partial charge is 0.415 e. The van der Waals surface area contributed by atoms with Crippen LogP contribution in [0.2, 0.25) is 0 Å². The third-order valence-electron chi connectivity index (χ3n) is 1.96. The van der Waals surface area contributed by atoms with Crippen molar-refractivity contribution in [1.29, 1.82) is 0 Å². The van der Waals surface area contributed by atoms with Gasteiger partial charge in [-0.1, -0.05) is 6.08 Å². The van der Waals surface area contributed by atoms with E-state index in [1.807, 2.05) is 0 Å². The quantitative estimate of drug-likeness (QED) is 0.710. The Balaban J connectivity index is 2.70. The fourth-order valence-electron chi connectivity index (χ4n) is 1.31. The molecule has 1 N–H and O–H groups in total. The Labute approximate surface area is 94.2 Å². The van der Waals surface area contributed by atoms with Crippen LogP contribution in [0, 0.1) is 0 Å². The molecule has 1 aliphatic rings. The lowest BCUT2D eigenvalue weighted by Gasteiger charge is -2.29. The van der Waals surface area contributed by atoms with Gasteiger partial charge >= 0.3 is 12.1 Å². The standard InChI is InChI=1S/C10H16N2O4/c1-3-15-9(13)8-11-6-5-7-12(8)10(14)16-4-2/h5,7-8,11H,3-4,6H2,1-2H3. The van der Waals surface area contributed by atoms with E-state index in [9.17, 15) is 9.59 Å². The molecule has 90 valence electrons. The van der Waals surface area contributed by atoms with Crippen molar-refractivity contribution in [3.05, 3.63) is 12.3 Å². The molecule has 6 heteroatoms. The molecule has 0 spiro atoms. The highest BCUT2D eigenvalue weighted by atomic mass is 16.6. The zero-order chi connectivity index (χ0) is 12.0. The molecule has 1 amide bonds. The summed E-state index contributed by atoms with van der Waals surface area (Å²) in [6, 6.07) is 0. The molecule has 6 nitrogen and oxygen atoms in total. The summed E-state index contributed by atoms with van der Waals surface area (Å²) in [6.07, 6.45) is 1.89. The number of hydrogen-bond donors (Lipinski definition) is 1. The topological polar surface area (TPSA) is 67.9 Å². The first-order valence-corrected chi connectivity index (χ1v) is 5.22. The van der Waals surface area contributed by atoms with Crippen LogP contribution in [0.1, 0.15) is 13.8 Å². The van der Waals surface area contributed by atoms with Gasteiger partial charge in [0.25, 0.3) is 0 Å². The van der Waals surface area contributed by atoms with Crippen LogP contribution in [0.5, 0.6) is 0 Å². The Kier molecular flexibility index (Phi) is 4.78. The first-order chi connectivity index (χ1) is 7.70. The van der Waals surface area contributed by atoms with Gasteiger partial charge in [0.1, 0.15) is 0 Å². The molecule has 16 heavy (non-hydrogen) atoms. The number of nitrogens with one attached hydrogen (secondary N) is 1. The minimum Gasteiger partial charge on any atom is -0.463 e. The van der Waals surface area contributed by atoms with Gasteiger partial charge < -0.3 is 9.47 Å². The second-order valence-electron chi connectivity index (χ2n) is 3.05. The normalized spacial score (nSPS) is 19.4. The van der Waals surface area contributed by atoms with Crippen LogP contribution in [0.4, 0.5) is 4.79 Å². The minimum absolute atomic E-state index is 0.263. The van der Waals surface area contributed by atoms with E-state index in [4.69, 9.17) is 9.47 Å². The fourth-order valence-corrected chi connectivity index (χ4v) is 1.31. The summed E-state index contributed by atoms with van der Waals surface area (Å²) in [5, 5.41) is 2.86. The number of amides is 1. The molecular weight excluding hydrogens is 212 g/mol. The lowest BCUT2D eigenvalue weighted by molar-refractivity contribution is -0.149. The third kappa shape index (κ3) is 2.96. The lowest BCUT2D eigenvalue weighted by Crippen LogP contribution is -2.54. The number of hydrogen-bond acceptors (Lipinski definition) is 5. The summed E-state index contributed by atoms with van der Waals surface area (Å²) in [7, 11) is 0. The molecule has 0 fully saturated rings. The number of ether oxygens (including phenoxy) is 2. The molecule has 1 atom stereocenters. The van der Waals surface area contributed by atoms with E-state index in [-0.39, 0.29) is 13.2 Å². The second kappa shape index (κ2) is 6.12. The fraction of sp³-hybridized carbons (Fsp3) is 0.600. The maximum absolute atomic E-state index is 11.5. The van der Waals surface area contributed by atoms with Crippen molar-refractivity contribution < 1.29 is 19.1 Å². The highest BCUT2D eigenvalue weighted by molar-refractivity contribution is 5.82. The van der Waals surface area contributed by atoms with Crippen LogP contribution in [-0.2, 0) is 14.3 Å². The number of carbonyl (C=O) groups excluding carboxylic acids is 2. The summed E-state index contributed by atoms with van der Waals surface area (Å²) < 4.78 is 9.68. The molecule has 1 unspecified atom stereocenters. The summed E-state index contributed by atoms with van der Waals surface area (Å²) in [4.78, 5) is 24.3. The number of rotatable bonds is 3. The number of carbonyl (C=O) groups is 2. The van der Waals surface area contributed by atoms with Crippen LogP contribution in [-0.4, -0.2) is 42.9 Å². The molecule has 1 rings (SSSR count). The van der Waals surface area contributed by atoms with E-state index in [2.05, 4.69) is 5.32 Å². The van der Waals surface area contributed by atoms with E-state index in [0.29, 0.717) is 6.54 Å². The molecule has 1 heterocycles. The number of nitrogens with zero attached hydrogens (tertiary/aromatic N) is 1. The van der Waals surface area contributed by atoms with Crippen molar-refractivity contribution in [3.8, 4) is 0 Å². The van der Waals surface area contributed by atoms with E-state index in [0.717, 1.165) is 0 Å². The SMILES string of the molecule is CCOC(=O)C1NCC=CN1C(=O)OCC. The first kappa shape index (κ1) is 12.5. The molecule has 0 aliphatic carbocycles. The molecule has 1 aliphatic heterocycles. The minimum atomic E-state index is -0.802. The zero-order valence-electron chi connectivity index (χ0n) is 9.43. The average molecular weight is 228 g/mol. The molecule has 0 saturated heterocycles. The van der Waals surface area contributed by atoms with E-state index >= 15 is 0 Å². The van der Waals surface area contributed by atoms with Crippen molar-refractivity contribution in [2.45, 2.75) is 20.0 Å². The molecule has 0 aromatic carbocycles. The number of esters is 1. The molecular formula is C10H16N2O4. The van der Waals surface area contributed by atoms with E-state index in [1.165, 1.54) is 11.1 Å². The van der Waals surface area contributed by atoms with Gasteiger partial charge in [0, 0.05) is 12.7 Å². The van der Waals surface area contributed by atoms with Crippen LogP contribution >= 0.6 is 0 Å². The largest absolute Gasteiger partial charge is 0.463 e. The molecule has 0 radical (unpaired) electrons. The summed E-state index contributed by atoms with van der Waals surface area (Å²) in [5.74, 6) is -0.486.